The normalized spacial score (nSPS) is 12.8. The Morgan fingerprint density at radius 1 is 0.973 bits per heavy atom. The lowest BCUT2D eigenvalue weighted by Gasteiger charge is -2.21. The second-order valence-electron chi connectivity index (χ2n) is 9.36. The first-order valence-electron chi connectivity index (χ1n) is 12.9. The Labute approximate surface area is 218 Å². The van der Waals surface area contributed by atoms with Gasteiger partial charge in [0.05, 0.1) is 32.7 Å². The lowest BCUT2D eigenvalue weighted by Crippen LogP contribution is -2.41. The van der Waals surface area contributed by atoms with Gasteiger partial charge in [-0.15, -0.1) is 0 Å². The third-order valence-corrected chi connectivity index (χ3v) is 6.96. The molecule has 0 saturated heterocycles. The van der Waals surface area contributed by atoms with Crippen molar-refractivity contribution in [1.29, 1.82) is 0 Å². The number of fused-ring (bicyclic) bond motifs is 3. The van der Waals surface area contributed by atoms with Crippen LogP contribution >= 0.6 is 0 Å². The van der Waals surface area contributed by atoms with Gasteiger partial charge in [-0.3, -0.25) is 4.79 Å². The smallest absolute Gasteiger partial charge is 0.328 e. The number of rotatable bonds is 11. The minimum absolute atomic E-state index is 0.166. The van der Waals surface area contributed by atoms with Gasteiger partial charge in [-0.2, -0.15) is 0 Å². The number of carbonyl (C=O) groups is 2. The van der Waals surface area contributed by atoms with Crippen molar-refractivity contribution in [3.8, 4) is 28.4 Å². The van der Waals surface area contributed by atoms with E-state index < -0.39 is 12.0 Å². The third-order valence-electron chi connectivity index (χ3n) is 6.96. The van der Waals surface area contributed by atoms with Gasteiger partial charge in [-0.1, -0.05) is 44.0 Å². The molecule has 0 aliphatic heterocycles. The SMILES string of the molecule is CCCC[C@H](NC(=O)CCc1cc2c(n1-c1cc(OC)cc(OC)c1)-c1ccccc1CC2)C(=O)OC. The Kier molecular flexibility index (Phi) is 8.54. The van der Waals surface area contributed by atoms with Crippen molar-refractivity contribution in [2.24, 2.45) is 0 Å². The Bertz CT molecular complexity index is 1240. The predicted octanol–water partition coefficient (Wildman–Crippen LogP) is 5.04. The maximum absolute atomic E-state index is 12.9. The molecule has 1 amide bonds. The van der Waals surface area contributed by atoms with Crippen molar-refractivity contribution in [2.75, 3.05) is 21.3 Å². The zero-order chi connectivity index (χ0) is 26.4. The minimum atomic E-state index is -0.619. The Hall–Kier alpha value is -3.74. The summed E-state index contributed by atoms with van der Waals surface area (Å²) in [5.74, 6) is 0.824. The Morgan fingerprint density at radius 3 is 2.35 bits per heavy atom. The molecular formula is C30H36N2O5. The molecule has 0 unspecified atom stereocenters. The molecule has 4 rings (SSSR count). The highest BCUT2D eigenvalue weighted by atomic mass is 16.5. The number of unbranched alkanes of at least 4 members (excludes halogenated alkanes) is 1. The first-order chi connectivity index (χ1) is 18.0. The molecule has 0 radical (unpaired) electrons. The van der Waals surface area contributed by atoms with E-state index in [9.17, 15) is 9.59 Å². The number of amides is 1. The Balaban J connectivity index is 1.69. The summed E-state index contributed by atoms with van der Waals surface area (Å²) >= 11 is 0. The monoisotopic (exact) mass is 504 g/mol. The van der Waals surface area contributed by atoms with Crippen LogP contribution in [0.5, 0.6) is 11.5 Å². The summed E-state index contributed by atoms with van der Waals surface area (Å²) in [6.45, 7) is 2.05. The fourth-order valence-electron chi connectivity index (χ4n) is 5.05. The summed E-state index contributed by atoms with van der Waals surface area (Å²) in [6, 6.07) is 15.9. The van der Waals surface area contributed by atoms with Crippen molar-refractivity contribution in [3.05, 3.63) is 65.4 Å². The van der Waals surface area contributed by atoms with Crippen LogP contribution in [0.2, 0.25) is 0 Å². The van der Waals surface area contributed by atoms with Gasteiger partial charge in [0, 0.05) is 35.9 Å². The number of nitrogens with zero attached hydrogens (tertiary/aromatic N) is 1. The first-order valence-corrected chi connectivity index (χ1v) is 12.9. The van der Waals surface area contributed by atoms with E-state index in [2.05, 4.69) is 47.1 Å². The van der Waals surface area contributed by atoms with Crippen LogP contribution in [0.1, 0.15) is 49.4 Å². The molecule has 0 spiro atoms. The molecule has 1 aliphatic rings. The molecule has 1 atom stereocenters. The van der Waals surface area contributed by atoms with Crippen LogP contribution in [0.3, 0.4) is 0 Å². The predicted molar refractivity (Wildman–Crippen MR) is 144 cm³/mol. The molecule has 1 aromatic heterocycles. The van der Waals surface area contributed by atoms with Gasteiger partial charge in [0.1, 0.15) is 17.5 Å². The van der Waals surface area contributed by atoms with Crippen molar-refractivity contribution < 1.29 is 23.8 Å². The molecule has 7 heteroatoms. The molecule has 1 N–H and O–H groups in total. The molecule has 2 aromatic carbocycles. The van der Waals surface area contributed by atoms with Gasteiger partial charge in [-0.25, -0.2) is 4.79 Å². The van der Waals surface area contributed by atoms with Gasteiger partial charge in [0.15, 0.2) is 0 Å². The lowest BCUT2D eigenvalue weighted by molar-refractivity contribution is -0.145. The van der Waals surface area contributed by atoms with Crippen LogP contribution in [0.4, 0.5) is 0 Å². The summed E-state index contributed by atoms with van der Waals surface area (Å²) in [5.41, 5.74) is 6.85. The van der Waals surface area contributed by atoms with Crippen molar-refractivity contribution in [2.45, 2.75) is 57.9 Å². The van der Waals surface area contributed by atoms with Crippen LogP contribution in [0.25, 0.3) is 16.9 Å². The average Bonchev–Trinajstić information content (AvgIpc) is 3.32. The topological polar surface area (TPSA) is 78.8 Å². The maximum atomic E-state index is 12.9. The van der Waals surface area contributed by atoms with E-state index in [0.29, 0.717) is 24.3 Å². The fourth-order valence-corrected chi connectivity index (χ4v) is 5.05. The molecule has 196 valence electrons. The third kappa shape index (κ3) is 5.82. The van der Waals surface area contributed by atoms with E-state index in [1.54, 1.807) is 14.2 Å². The van der Waals surface area contributed by atoms with Crippen LogP contribution in [0.15, 0.2) is 48.5 Å². The van der Waals surface area contributed by atoms with Crippen LogP contribution < -0.4 is 14.8 Å². The highest BCUT2D eigenvalue weighted by molar-refractivity contribution is 5.84. The van der Waals surface area contributed by atoms with E-state index in [1.807, 2.05) is 18.2 Å². The maximum Gasteiger partial charge on any atom is 0.328 e. The number of aryl methyl sites for hydroxylation is 3. The molecule has 1 heterocycles. The molecule has 1 aliphatic carbocycles. The fraction of sp³-hybridized carbons (Fsp3) is 0.400. The molecular weight excluding hydrogens is 468 g/mol. The van der Waals surface area contributed by atoms with Crippen molar-refractivity contribution >= 4 is 11.9 Å². The number of esters is 1. The quantitative estimate of drug-likeness (QED) is 0.370. The lowest BCUT2D eigenvalue weighted by atomic mass is 9.90. The van der Waals surface area contributed by atoms with Gasteiger partial charge >= 0.3 is 5.97 Å². The van der Waals surface area contributed by atoms with Gasteiger partial charge in [0.25, 0.3) is 0 Å². The number of nitrogens with one attached hydrogen (secondary N) is 1. The van der Waals surface area contributed by atoms with Crippen LogP contribution in [0, 0.1) is 0 Å². The van der Waals surface area contributed by atoms with Crippen molar-refractivity contribution in [3.63, 3.8) is 0 Å². The second kappa shape index (κ2) is 12.0. The summed E-state index contributed by atoms with van der Waals surface area (Å²) in [7, 11) is 4.63. The van der Waals surface area contributed by atoms with E-state index in [0.717, 1.165) is 42.8 Å². The molecule has 37 heavy (non-hydrogen) atoms. The number of carbonyl (C=O) groups excluding carboxylic acids is 2. The first kappa shape index (κ1) is 26.3. The van der Waals surface area contributed by atoms with Gasteiger partial charge in [0.2, 0.25) is 5.91 Å². The second-order valence-corrected chi connectivity index (χ2v) is 9.36. The molecule has 7 nitrogen and oxygen atoms in total. The summed E-state index contributed by atoms with van der Waals surface area (Å²) in [6.07, 6.45) is 5.03. The molecule has 0 fully saturated rings. The Morgan fingerprint density at radius 2 is 1.68 bits per heavy atom. The van der Waals surface area contributed by atoms with E-state index in [1.165, 1.54) is 23.8 Å². The van der Waals surface area contributed by atoms with Gasteiger partial charge in [-0.05, 0) is 42.9 Å². The molecule has 0 saturated carbocycles. The number of ether oxygens (including phenoxy) is 3. The highest BCUT2D eigenvalue weighted by Crippen LogP contribution is 2.39. The van der Waals surface area contributed by atoms with E-state index >= 15 is 0 Å². The zero-order valence-corrected chi connectivity index (χ0v) is 22.1. The number of hydrogen-bond donors (Lipinski definition) is 1. The average molecular weight is 505 g/mol. The largest absolute Gasteiger partial charge is 0.497 e. The number of methoxy groups -OCH3 is 3. The van der Waals surface area contributed by atoms with Gasteiger partial charge < -0.3 is 24.1 Å². The standard InChI is InChI=1S/C30H36N2O5/c1-5-6-11-27(30(34)37-4)31-28(33)15-14-22-16-21-13-12-20-9-7-8-10-26(20)29(21)32(22)23-17-24(35-2)19-25(18-23)36-3/h7-10,16-19,27H,5-6,11-15H2,1-4H3,(H,31,33)/t27-/m0/s1. The van der Waals surface area contributed by atoms with E-state index in [4.69, 9.17) is 14.2 Å². The summed E-state index contributed by atoms with van der Waals surface area (Å²) in [5, 5.41) is 2.88. The zero-order valence-electron chi connectivity index (χ0n) is 22.1. The molecule has 0 bridgehead atoms. The summed E-state index contributed by atoms with van der Waals surface area (Å²) < 4.78 is 18.2. The van der Waals surface area contributed by atoms with Crippen molar-refractivity contribution in [1.82, 2.24) is 9.88 Å². The van der Waals surface area contributed by atoms with E-state index in [-0.39, 0.29) is 12.3 Å². The minimum Gasteiger partial charge on any atom is -0.497 e. The van der Waals surface area contributed by atoms with Crippen LogP contribution in [-0.2, 0) is 33.6 Å². The number of hydrogen-bond acceptors (Lipinski definition) is 5. The number of aromatic nitrogens is 1. The number of benzene rings is 2. The summed E-state index contributed by atoms with van der Waals surface area (Å²) in [4.78, 5) is 25.1. The molecule has 3 aromatic rings. The van der Waals surface area contributed by atoms with Crippen LogP contribution in [-0.4, -0.2) is 43.8 Å². The highest BCUT2D eigenvalue weighted by Gasteiger charge is 2.25.